The van der Waals surface area contributed by atoms with E-state index in [1.165, 1.54) is 97.1 Å². The van der Waals surface area contributed by atoms with Crippen LogP contribution in [0.1, 0.15) is 57.5 Å². The molecule has 410 valence electrons. The molecule has 0 atom stereocenters. The molecule has 0 spiro atoms. The lowest BCUT2D eigenvalue weighted by atomic mass is 10.1. The van der Waals surface area contributed by atoms with E-state index < -0.39 is 120 Å². The number of esters is 2. The van der Waals surface area contributed by atoms with E-state index in [1.807, 2.05) is 0 Å². The molecule has 4 rings (SSSR count). The number of guanidine groups is 2. The van der Waals surface area contributed by atoms with E-state index in [9.17, 15) is 66.0 Å². The van der Waals surface area contributed by atoms with Gasteiger partial charge in [0.2, 0.25) is 0 Å². The quantitative estimate of drug-likeness (QED) is 0.0105. The van der Waals surface area contributed by atoms with E-state index >= 15 is 0 Å². The zero-order chi connectivity index (χ0) is 56.0. The highest BCUT2D eigenvalue weighted by atomic mass is 32.2. The monoisotopic (exact) mass is 1100 g/mol. The van der Waals surface area contributed by atoms with Crippen molar-refractivity contribution in [3.05, 3.63) is 119 Å². The second-order valence-electron chi connectivity index (χ2n) is 16.1. The van der Waals surface area contributed by atoms with Crippen LogP contribution in [0.4, 0.5) is 11.4 Å². The van der Waals surface area contributed by atoms with Crippen molar-refractivity contribution >= 4 is 79.5 Å². The lowest BCUT2D eigenvalue weighted by Gasteiger charge is -2.29. The number of carboxylic acid groups (broad SMARTS) is 4. The van der Waals surface area contributed by atoms with E-state index in [-0.39, 0.29) is 60.8 Å². The third-order valence-corrected chi connectivity index (χ3v) is 13.6. The standard InChI is InChI=1S/C46H56N10O18S2/c47-45(48)53-33-9-5-31(6-10-33)43(65)73-37-13-1-29(2-14-37)27-51-75(67,68)55(35(23-39(57)58)24-40(59)60)17-19-71-21-22-72-20-18-56(36(25-41(61)62)26-42(63)64)76(69,70)52-28-30-3-15-38(16-4-30)74-44(66)32-7-11-34(12-8-32)54-46(49)50/h1-16,35-36,51-52H,17-28H2,(H,57,58)(H,59,60)(H,61,62)(H,63,64)(H4,47,48,53)(H4,49,50,54). The summed E-state index contributed by atoms with van der Waals surface area (Å²) < 4.78 is 82.2. The highest BCUT2D eigenvalue weighted by Gasteiger charge is 2.34. The molecule has 76 heavy (non-hydrogen) atoms. The Morgan fingerprint density at radius 1 is 0.487 bits per heavy atom. The molecule has 0 amide bonds. The van der Waals surface area contributed by atoms with Gasteiger partial charge in [-0.15, -0.1) is 0 Å². The second-order valence-corrected chi connectivity index (χ2v) is 19.5. The molecule has 0 radical (unpaired) electrons. The number of nitrogens with one attached hydrogen (secondary N) is 6. The highest BCUT2D eigenvalue weighted by Crippen LogP contribution is 2.21. The van der Waals surface area contributed by atoms with Crippen molar-refractivity contribution in [1.29, 1.82) is 10.8 Å². The number of rotatable bonds is 33. The summed E-state index contributed by atoms with van der Waals surface area (Å²) in [7, 11) is -9.25. The Kier molecular flexibility index (Phi) is 23.2. The van der Waals surface area contributed by atoms with Gasteiger partial charge < -0.3 is 61.5 Å². The molecule has 0 saturated heterocycles. The van der Waals surface area contributed by atoms with E-state index in [0.717, 1.165) is 0 Å². The summed E-state index contributed by atoms with van der Waals surface area (Å²) in [5, 5.41) is 57.9. The minimum atomic E-state index is -4.63. The molecule has 30 heteroatoms. The fourth-order valence-corrected chi connectivity index (χ4v) is 9.62. The summed E-state index contributed by atoms with van der Waals surface area (Å²) in [4.78, 5) is 72.2. The van der Waals surface area contributed by atoms with Gasteiger partial charge in [-0.2, -0.15) is 34.9 Å². The predicted molar refractivity (Wildman–Crippen MR) is 270 cm³/mol. The molecule has 0 aliphatic heterocycles. The van der Waals surface area contributed by atoms with E-state index in [1.54, 1.807) is 0 Å². The number of carbonyl (C=O) groups excluding carboxylic acids is 2. The maximum atomic E-state index is 13.6. The average Bonchev–Trinajstić information content (AvgIpc) is 3.33. The molecule has 14 N–H and O–H groups in total. The van der Waals surface area contributed by atoms with E-state index in [0.29, 0.717) is 31.1 Å². The molecule has 4 aromatic rings. The third kappa shape index (κ3) is 21.0. The normalized spacial score (nSPS) is 11.6. The summed E-state index contributed by atoms with van der Waals surface area (Å²) in [5.74, 6) is -7.77. The van der Waals surface area contributed by atoms with Gasteiger partial charge in [-0.05, 0) is 83.9 Å². The summed E-state index contributed by atoms with van der Waals surface area (Å²) in [6, 6.07) is 20.0. The van der Waals surface area contributed by atoms with Crippen LogP contribution in [-0.4, -0.2) is 145 Å². The van der Waals surface area contributed by atoms with E-state index in [2.05, 4.69) is 20.1 Å². The second kappa shape index (κ2) is 29.1. The number of nitrogens with two attached hydrogens (primary N) is 2. The molecule has 4 aromatic carbocycles. The number of ether oxygens (including phenoxy) is 4. The number of aliphatic carboxylic acids is 4. The fourth-order valence-electron chi connectivity index (χ4n) is 6.87. The molecule has 0 aliphatic rings. The Bertz CT molecular complexity index is 2670. The molecule has 0 unspecified atom stereocenters. The first-order valence-corrected chi connectivity index (χ1v) is 25.4. The third-order valence-electron chi connectivity index (χ3n) is 10.3. The first kappa shape index (κ1) is 60.5. The largest absolute Gasteiger partial charge is 0.481 e. The highest BCUT2D eigenvalue weighted by molar-refractivity contribution is 7.87. The molecule has 0 heterocycles. The molecule has 0 bridgehead atoms. The van der Waals surface area contributed by atoms with Gasteiger partial charge in [0.15, 0.2) is 11.9 Å². The lowest BCUT2D eigenvalue weighted by molar-refractivity contribution is -0.142. The van der Waals surface area contributed by atoms with Crippen molar-refractivity contribution in [3.63, 3.8) is 0 Å². The molecule has 0 aromatic heterocycles. The van der Waals surface area contributed by atoms with Gasteiger partial charge in [0, 0.05) is 49.6 Å². The van der Waals surface area contributed by atoms with Crippen molar-refractivity contribution in [2.24, 2.45) is 11.5 Å². The first-order valence-electron chi connectivity index (χ1n) is 22.5. The maximum Gasteiger partial charge on any atom is 0.343 e. The van der Waals surface area contributed by atoms with Crippen LogP contribution in [0, 0.1) is 10.8 Å². The Hall–Kier alpha value is -8.10. The van der Waals surface area contributed by atoms with Crippen LogP contribution in [0.15, 0.2) is 97.1 Å². The minimum Gasteiger partial charge on any atom is -0.481 e. The van der Waals surface area contributed by atoms with Crippen LogP contribution in [0.3, 0.4) is 0 Å². The van der Waals surface area contributed by atoms with Crippen LogP contribution < -0.4 is 41.0 Å². The molecular formula is C46H56N10O18S2. The zero-order valence-corrected chi connectivity index (χ0v) is 41.9. The SMILES string of the molecule is N=C(N)Nc1ccc(C(=O)Oc2ccc(CNS(=O)(=O)N(CCOCCOCCN(C(CC(=O)O)CC(=O)O)S(=O)(=O)NCc3ccc(OC(=O)c4ccc(NC(=N)N)cc4)cc3)C(CC(=O)O)CC(=O)O)cc2)cc1. The summed E-state index contributed by atoms with van der Waals surface area (Å²) >= 11 is 0. The Morgan fingerprint density at radius 2 is 0.789 bits per heavy atom. The number of anilines is 2. The van der Waals surface area contributed by atoms with Crippen LogP contribution in [0.25, 0.3) is 0 Å². The number of carbonyl (C=O) groups is 6. The van der Waals surface area contributed by atoms with E-state index in [4.69, 9.17) is 41.2 Å². The molecule has 0 aliphatic carbocycles. The van der Waals surface area contributed by atoms with Gasteiger partial charge in [-0.3, -0.25) is 30.0 Å². The number of benzene rings is 4. The van der Waals surface area contributed by atoms with Crippen LogP contribution in [0.5, 0.6) is 11.5 Å². The van der Waals surface area contributed by atoms with Crippen LogP contribution in [-0.2, 0) is 62.2 Å². The number of nitrogens with zero attached hydrogens (tertiary/aromatic N) is 2. The Labute approximate surface area is 435 Å². The van der Waals surface area contributed by atoms with Crippen LogP contribution in [0.2, 0.25) is 0 Å². The average molecular weight is 1100 g/mol. The first-order chi connectivity index (χ1) is 35.9. The fraction of sp³-hybridized carbons (Fsp3) is 0.304. The summed E-state index contributed by atoms with van der Waals surface area (Å²) in [6.45, 7) is -3.20. The minimum absolute atomic E-state index is 0.110. The van der Waals surface area contributed by atoms with Crippen molar-refractivity contribution in [3.8, 4) is 11.5 Å². The number of carboxylic acids is 4. The Morgan fingerprint density at radius 3 is 1.07 bits per heavy atom. The molecule has 28 nitrogen and oxygen atoms in total. The van der Waals surface area contributed by atoms with Crippen molar-refractivity contribution in [2.75, 3.05) is 50.2 Å². The predicted octanol–water partition coefficient (Wildman–Crippen LogP) is 1.38. The topological polar surface area (TPSA) is 443 Å². The van der Waals surface area contributed by atoms with Gasteiger partial charge in [-0.25, -0.2) is 9.59 Å². The van der Waals surface area contributed by atoms with Crippen LogP contribution >= 0.6 is 0 Å². The lowest BCUT2D eigenvalue weighted by Crippen LogP contribution is -2.49. The van der Waals surface area contributed by atoms with Gasteiger partial charge in [0.1, 0.15) is 11.5 Å². The van der Waals surface area contributed by atoms with Crippen molar-refractivity contribution in [1.82, 2.24) is 18.1 Å². The molecule has 0 saturated carbocycles. The summed E-state index contributed by atoms with van der Waals surface area (Å²) in [5.41, 5.74) is 12.6. The van der Waals surface area contributed by atoms with Crippen molar-refractivity contribution in [2.45, 2.75) is 50.9 Å². The van der Waals surface area contributed by atoms with Gasteiger partial charge in [-0.1, -0.05) is 24.3 Å². The van der Waals surface area contributed by atoms with Crippen molar-refractivity contribution < 1.29 is 85.0 Å². The summed E-state index contributed by atoms with van der Waals surface area (Å²) in [6.07, 6.45) is -3.58. The number of hydrogen-bond donors (Lipinski definition) is 12. The molecule has 0 fully saturated rings. The Balaban J connectivity index is 1.33. The van der Waals surface area contributed by atoms with Gasteiger partial charge in [0.25, 0.3) is 20.4 Å². The zero-order valence-electron chi connectivity index (χ0n) is 40.2. The molecular weight excluding hydrogens is 1040 g/mol. The smallest absolute Gasteiger partial charge is 0.343 e. The van der Waals surface area contributed by atoms with Gasteiger partial charge in [0.05, 0.1) is 63.2 Å². The number of hydrogen-bond acceptors (Lipinski definition) is 16. The van der Waals surface area contributed by atoms with Gasteiger partial charge >= 0.3 is 35.8 Å². The maximum absolute atomic E-state index is 13.6.